The van der Waals surface area contributed by atoms with Crippen LogP contribution in [0.4, 0.5) is 0 Å². The minimum Gasteiger partial charge on any atom is -0.497 e. The molecule has 0 heterocycles. The van der Waals surface area contributed by atoms with E-state index in [1.165, 1.54) is 4.31 Å². The summed E-state index contributed by atoms with van der Waals surface area (Å²) in [5.74, 6) is 0.679. The predicted octanol–water partition coefficient (Wildman–Crippen LogP) is 1.88. The van der Waals surface area contributed by atoms with E-state index in [9.17, 15) is 8.42 Å². The molecule has 0 unspecified atom stereocenters. The van der Waals surface area contributed by atoms with Crippen molar-refractivity contribution in [1.29, 1.82) is 0 Å². The lowest BCUT2D eigenvalue weighted by molar-refractivity contribution is 0.412. The van der Waals surface area contributed by atoms with E-state index in [2.05, 4.69) is 5.32 Å². The lowest BCUT2D eigenvalue weighted by Gasteiger charge is -2.22. The highest BCUT2D eigenvalue weighted by atomic mass is 32.2. The van der Waals surface area contributed by atoms with E-state index in [0.29, 0.717) is 30.2 Å². The van der Waals surface area contributed by atoms with E-state index in [-0.39, 0.29) is 0 Å². The van der Waals surface area contributed by atoms with Gasteiger partial charge in [0.15, 0.2) is 0 Å². The van der Waals surface area contributed by atoms with Crippen molar-refractivity contribution in [3.63, 3.8) is 0 Å². The highest BCUT2D eigenvalue weighted by molar-refractivity contribution is 7.89. The van der Waals surface area contributed by atoms with Crippen molar-refractivity contribution < 1.29 is 13.2 Å². The fourth-order valence-corrected chi connectivity index (χ4v) is 4.00. The standard InChI is InChI=1S/C15H26N2O3S/c1-5-11-17(6-2)21(18,19)15-8-7-14(20-4)12-13(15)9-10-16-3/h7-8,12,16H,5-6,9-11H2,1-4H3. The van der Waals surface area contributed by atoms with Gasteiger partial charge in [-0.05, 0) is 50.2 Å². The molecule has 6 heteroatoms. The van der Waals surface area contributed by atoms with Crippen molar-refractivity contribution in [2.45, 2.75) is 31.6 Å². The molecule has 1 aromatic carbocycles. The number of hydrogen-bond acceptors (Lipinski definition) is 4. The summed E-state index contributed by atoms with van der Waals surface area (Å²) in [4.78, 5) is 0.383. The third kappa shape index (κ3) is 4.43. The fourth-order valence-electron chi connectivity index (χ4n) is 2.23. The van der Waals surface area contributed by atoms with Crippen molar-refractivity contribution in [3.8, 4) is 5.75 Å². The van der Waals surface area contributed by atoms with Crippen LogP contribution in [0.2, 0.25) is 0 Å². The maximum absolute atomic E-state index is 12.8. The number of likely N-dealkylation sites (N-methyl/N-ethyl adjacent to an activating group) is 1. The zero-order valence-electron chi connectivity index (χ0n) is 13.3. The van der Waals surface area contributed by atoms with E-state index in [4.69, 9.17) is 4.74 Å². The van der Waals surface area contributed by atoms with Crippen LogP contribution in [-0.4, -0.2) is 46.5 Å². The summed E-state index contributed by atoms with van der Waals surface area (Å²) in [6.07, 6.45) is 1.45. The van der Waals surface area contributed by atoms with Crippen molar-refractivity contribution >= 4 is 10.0 Å². The Labute approximate surface area is 128 Å². The second kappa shape index (κ2) is 8.36. The molecule has 1 N–H and O–H groups in total. The summed E-state index contributed by atoms with van der Waals surface area (Å²) in [5.41, 5.74) is 0.790. The molecular weight excluding hydrogens is 288 g/mol. The average molecular weight is 314 g/mol. The van der Waals surface area contributed by atoms with E-state index < -0.39 is 10.0 Å². The van der Waals surface area contributed by atoms with Crippen LogP contribution in [0.5, 0.6) is 5.75 Å². The van der Waals surface area contributed by atoms with Crippen LogP contribution < -0.4 is 10.1 Å². The second-order valence-electron chi connectivity index (χ2n) is 4.82. The molecule has 21 heavy (non-hydrogen) atoms. The lowest BCUT2D eigenvalue weighted by atomic mass is 10.1. The number of methoxy groups -OCH3 is 1. The highest BCUT2D eigenvalue weighted by Crippen LogP contribution is 2.25. The number of rotatable bonds is 9. The van der Waals surface area contributed by atoms with Crippen molar-refractivity contribution in [2.24, 2.45) is 0 Å². The number of ether oxygens (including phenoxy) is 1. The van der Waals surface area contributed by atoms with Gasteiger partial charge in [-0.2, -0.15) is 4.31 Å². The maximum atomic E-state index is 12.8. The fraction of sp³-hybridized carbons (Fsp3) is 0.600. The van der Waals surface area contributed by atoms with Gasteiger partial charge in [0.05, 0.1) is 12.0 Å². The normalized spacial score (nSPS) is 11.9. The topological polar surface area (TPSA) is 58.6 Å². The van der Waals surface area contributed by atoms with Crippen LogP contribution >= 0.6 is 0 Å². The van der Waals surface area contributed by atoms with Gasteiger partial charge in [0.25, 0.3) is 0 Å². The van der Waals surface area contributed by atoms with E-state index >= 15 is 0 Å². The van der Waals surface area contributed by atoms with Crippen molar-refractivity contribution in [2.75, 3.05) is 33.8 Å². The van der Waals surface area contributed by atoms with Crippen LogP contribution in [0.15, 0.2) is 23.1 Å². The second-order valence-corrected chi connectivity index (χ2v) is 6.73. The van der Waals surface area contributed by atoms with Crippen molar-refractivity contribution in [3.05, 3.63) is 23.8 Å². The molecule has 5 nitrogen and oxygen atoms in total. The van der Waals surface area contributed by atoms with E-state index in [0.717, 1.165) is 18.5 Å². The first-order valence-corrected chi connectivity index (χ1v) is 8.76. The number of hydrogen-bond donors (Lipinski definition) is 1. The summed E-state index contributed by atoms with van der Waals surface area (Å²) < 4.78 is 32.3. The Balaban J connectivity index is 3.25. The molecule has 0 fully saturated rings. The predicted molar refractivity (Wildman–Crippen MR) is 85.3 cm³/mol. The Bertz CT molecular complexity index is 544. The quantitative estimate of drug-likeness (QED) is 0.756. The molecule has 0 saturated carbocycles. The Morgan fingerprint density at radius 2 is 2.00 bits per heavy atom. The van der Waals surface area contributed by atoms with Crippen LogP contribution in [0.3, 0.4) is 0 Å². The zero-order valence-corrected chi connectivity index (χ0v) is 14.2. The summed E-state index contributed by atoms with van der Waals surface area (Å²) in [7, 11) is -0.0143. The van der Waals surface area contributed by atoms with Gasteiger partial charge in [-0.15, -0.1) is 0 Å². The molecule has 0 atom stereocenters. The first-order chi connectivity index (χ1) is 10.0. The van der Waals surface area contributed by atoms with Gasteiger partial charge in [-0.1, -0.05) is 13.8 Å². The third-order valence-corrected chi connectivity index (χ3v) is 5.43. The SMILES string of the molecule is CCCN(CC)S(=O)(=O)c1ccc(OC)cc1CCNC. The first kappa shape index (κ1) is 17.9. The maximum Gasteiger partial charge on any atom is 0.243 e. The Hall–Kier alpha value is -1.11. The lowest BCUT2D eigenvalue weighted by Crippen LogP contribution is -2.32. The number of nitrogens with one attached hydrogen (secondary N) is 1. The largest absolute Gasteiger partial charge is 0.497 e. The summed E-state index contributed by atoms with van der Waals surface area (Å²) in [5, 5.41) is 3.05. The summed E-state index contributed by atoms with van der Waals surface area (Å²) >= 11 is 0. The molecule has 0 aliphatic heterocycles. The number of benzene rings is 1. The molecule has 0 spiro atoms. The molecule has 1 aromatic rings. The molecule has 1 rings (SSSR count). The minimum absolute atomic E-state index is 0.383. The van der Waals surface area contributed by atoms with Crippen LogP contribution in [0, 0.1) is 0 Å². The third-order valence-electron chi connectivity index (χ3n) is 3.36. The summed E-state index contributed by atoms with van der Waals surface area (Å²) in [6.45, 7) is 5.58. The van der Waals surface area contributed by atoms with Gasteiger partial charge >= 0.3 is 0 Å². The van der Waals surface area contributed by atoms with Crippen LogP contribution in [0.1, 0.15) is 25.8 Å². The molecule has 0 saturated heterocycles. The smallest absolute Gasteiger partial charge is 0.243 e. The van der Waals surface area contributed by atoms with Gasteiger partial charge in [-0.25, -0.2) is 8.42 Å². The summed E-state index contributed by atoms with van der Waals surface area (Å²) in [6, 6.07) is 5.16. The molecule has 0 radical (unpaired) electrons. The minimum atomic E-state index is -3.45. The molecule has 120 valence electrons. The number of nitrogens with zero attached hydrogens (tertiary/aromatic N) is 1. The molecular formula is C15H26N2O3S. The van der Waals surface area contributed by atoms with Gasteiger partial charge < -0.3 is 10.1 Å². The van der Waals surface area contributed by atoms with Gasteiger partial charge in [0, 0.05) is 13.1 Å². The Kier molecular flexibility index (Phi) is 7.14. The molecule has 0 amide bonds. The van der Waals surface area contributed by atoms with Crippen molar-refractivity contribution in [1.82, 2.24) is 9.62 Å². The molecule has 0 bridgehead atoms. The Morgan fingerprint density at radius 3 is 2.52 bits per heavy atom. The highest BCUT2D eigenvalue weighted by Gasteiger charge is 2.25. The monoisotopic (exact) mass is 314 g/mol. The zero-order chi connectivity index (χ0) is 15.9. The number of sulfonamides is 1. The van der Waals surface area contributed by atoms with Gasteiger partial charge in [0.2, 0.25) is 10.0 Å². The van der Waals surface area contributed by atoms with Gasteiger partial charge in [-0.3, -0.25) is 0 Å². The molecule has 0 aliphatic rings. The molecule has 0 aromatic heterocycles. The first-order valence-electron chi connectivity index (χ1n) is 7.32. The van der Waals surface area contributed by atoms with Crippen LogP contribution in [0.25, 0.3) is 0 Å². The van der Waals surface area contributed by atoms with E-state index in [1.807, 2.05) is 27.0 Å². The Morgan fingerprint density at radius 1 is 1.29 bits per heavy atom. The average Bonchev–Trinajstić information content (AvgIpc) is 2.49. The van der Waals surface area contributed by atoms with Gasteiger partial charge in [0.1, 0.15) is 5.75 Å². The van der Waals surface area contributed by atoms with Crippen LogP contribution in [-0.2, 0) is 16.4 Å². The van der Waals surface area contributed by atoms with E-state index in [1.54, 1.807) is 19.2 Å². The molecule has 0 aliphatic carbocycles.